The van der Waals surface area contributed by atoms with E-state index < -0.39 is 0 Å². The SMILES string of the molecule is CCOC(=O)CCC1=CC[C@@H]2[C@H](C1)C2(C)C. The summed E-state index contributed by atoms with van der Waals surface area (Å²) in [6.07, 6.45) is 6.23. The van der Waals surface area contributed by atoms with Crippen LogP contribution in [-0.4, -0.2) is 12.6 Å². The predicted molar refractivity (Wildman–Crippen MR) is 63.9 cm³/mol. The number of esters is 1. The van der Waals surface area contributed by atoms with Gasteiger partial charge in [0.05, 0.1) is 6.61 Å². The third kappa shape index (κ3) is 2.16. The normalized spacial score (nSPS) is 30.3. The van der Waals surface area contributed by atoms with Crippen LogP contribution in [0.25, 0.3) is 0 Å². The van der Waals surface area contributed by atoms with Gasteiger partial charge < -0.3 is 4.74 Å². The number of carbonyl (C=O) groups is 1. The largest absolute Gasteiger partial charge is 0.466 e. The summed E-state index contributed by atoms with van der Waals surface area (Å²) in [6.45, 7) is 7.08. The lowest BCUT2D eigenvalue weighted by Crippen LogP contribution is -2.05. The molecule has 0 aromatic rings. The van der Waals surface area contributed by atoms with Crippen molar-refractivity contribution in [1.29, 1.82) is 0 Å². The Hall–Kier alpha value is -0.790. The molecule has 2 atom stereocenters. The number of carbonyl (C=O) groups excluding carboxylic acids is 1. The fraction of sp³-hybridized carbons (Fsp3) is 0.786. The summed E-state index contributed by atoms with van der Waals surface area (Å²) >= 11 is 0. The van der Waals surface area contributed by atoms with Crippen molar-refractivity contribution >= 4 is 5.97 Å². The summed E-state index contributed by atoms with van der Waals surface area (Å²) in [5, 5.41) is 0. The molecule has 1 fully saturated rings. The highest BCUT2D eigenvalue weighted by Gasteiger charge is 2.57. The van der Waals surface area contributed by atoms with Gasteiger partial charge in [-0.05, 0) is 43.4 Å². The van der Waals surface area contributed by atoms with Gasteiger partial charge in [0.1, 0.15) is 0 Å². The standard InChI is InChI=1S/C14H22O2/c1-4-16-13(15)8-6-10-5-7-11-12(9-10)14(11,2)3/h5,11-12H,4,6-9H2,1-3H3/t11-,12+/m1/s1. The van der Waals surface area contributed by atoms with Crippen molar-refractivity contribution in [2.75, 3.05) is 6.61 Å². The minimum atomic E-state index is -0.0550. The average Bonchev–Trinajstić information content (AvgIpc) is 2.79. The zero-order valence-corrected chi connectivity index (χ0v) is 10.6. The molecule has 2 rings (SSSR count). The smallest absolute Gasteiger partial charge is 0.306 e. The lowest BCUT2D eigenvalue weighted by molar-refractivity contribution is -0.143. The first kappa shape index (κ1) is 11.7. The van der Waals surface area contributed by atoms with Crippen molar-refractivity contribution in [3.63, 3.8) is 0 Å². The monoisotopic (exact) mass is 222 g/mol. The molecule has 0 N–H and O–H groups in total. The van der Waals surface area contributed by atoms with Crippen molar-refractivity contribution < 1.29 is 9.53 Å². The summed E-state index contributed by atoms with van der Waals surface area (Å²) < 4.78 is 4.94. The van der Waals surface area contributed by atoms with Crippen LogP contribution < -0.4 is 0 Å². The van der Waals surface area contributed by atoms with Crippen molar-refractivity contribution in [2.45, 2.75) is 46.5 Å². The zero-order valence-electron chi connectivity index (χ0n) is 10.6. The number of allylic oxidation sites excluding steroid dienone is 2. The molecular formula is C14H22O2. The van der Waals surface area contributed by atoms with Gasteiger partial charge in [-0.2, -0.15) is 0 Å². The molecule has 2 aliphatic carbocycles. The third-order valence-corrected chi connectivity index (χ3v) is 4.39. The van der Waals surface area contributed by atoms with Crippen molar-refractivity contribution in [2.24, 2.45) is 17.3 Å². The van der Waals surface area contributed by atoms with E-state index in [2.05, 4.69) is 19.9 Å². The Morgan fingerprint density at radius 3 is 2.88 bits per heavy atom. The average molecular weight is 222 g/mol. The van der Waals surface area contributed by atoms with Gasteiger partial charge >= 0.3 is 5.97 Å². The third-order valence-electron chi connectivity index (χ3n) is 4.39. The maximum atomic E-state index is 11.3. The molecule has 0 unspecified atom stereocenters. The molecule has 0 aromatic carbocycles. The van der Waals surface area contributed by atoms with Crippen LogP contribution >= 0.6 is 0 Å². The van der Waals surface area contributed by atoms with Gasteiger partial charge in [0, 0.05) is 6.42 Å². The van der Waals surface area contributed by atoms with E-state index in [1.54, 1.807) is 0 Å². The second-order valence-electron chi connectivity index (χ2n) is 5.64. The lowest BCUT2D eigenvalue weighted by atomic mass is 9.96. The quantitative estimate of drug-likeness (QED) is 0.539. The Morgan fingerprint density at radius 1 is 1.50 bits per heavy atom. The van der Waals surface area contributed by atoms with Crippen LogP contribution in [0.15, 0.2) is 11.6 Å². The van der Waals surface area contributed by atoms with Gasteiger partial charge in [0.15, 0.2) is 0 Å². The van der Waals surface area contributed by atoms with Crippen LogP contribution in [0.2, 0.25) is 0 Å². The van der Waals surface area contributed by atoms with Crippen LogP contribution in [-0.2, 0) is 9.53 Å². The Labute approximate surface area is 98.1 Å². The molecule has 0 saturated heterocycles. The zero-order chi connectivity index (χ0) is 11.8. The first-order valence-corrected chi connectivity index (χ1v) is 6.39. The fourth-order valence-corrected chi connectivity index (χ4v) is 3.09. The first-order valence-electron chi connectivity index (χ1n) is 6.39. The molecule has 90 valence electrons. The van der Waals surface area contributed by atoms with Crippen LogP contribution in [0.1, 0.15) is 46.5 Å². The summed E-state index contributed by atoms with van der Waals surface area (Å²) in [4.78, 5) is 11.3. The van der Waals surface area contributed by atoms with E-state index >= 15 is 0 Å². The Bertz CT molecular complexity index is 315. The maximum absolute atomic E-state index is 11.3. The molecule has 0 spiro atoms. The molecule has 0 radical (unpaired) electrons. The lowest BCUT2D eigenvalue weighted by Gasteiger charge is -2.11. The Balaban J connectivity index is 1.76. The Kier molecular flexibility index (Phi) is 3.09. The highest BCUT2D eigenvalue weighted by Crippen LogP contribution is 2.64. The van der Waals surface area contributed by atoms with Crippen LogP contribution in [0.4, 0.5) is 0 Å². The van der Waals surface area contributed by atoms with Gasteiger partial charge in [0.2, 0.25) is 0 Å². The topological polar surface area (TPSA) is 26.3 Å². The number of hydrogen-bond acceptors (Lipinski definition) is 2. The summed E-state index contributed by atoms with van der Waals surface area (Å²) in [5.74, 6) is 1.72. The van der Waals surface area contributed by atoms with Crippen LogP contribution in [0, 0.1) is 17.3 Å². The van der Waals surface area contributed by atoms with E-state index in [0.717, 1.165) is 18.3 Å². The van der Waals surface area contributed by atoms with E-state index in [1.165, 1.54) is 18.4 Å². The van der Waals surface area contributed by atoms with Gasteiger partial charge in [-0.3, -0.25) is 4.79 Å². The van der Waals surface area contributed by atoms with Gasteiger partial charge in [-0.15, -0.1) is 0 Å². The molecule has 0 bridgehead atoms. The number of hydrogen-bond donors (Lipinski definition) is 0. The summed E-state index contributed by atoms with van der Waals surface area (Å²) in [6, 6.07) is 0. The highest BCUT2D eigenvalue weighted by atomic mass is 16.5. The van der Waals surface area contributed by atoms with Gasteiger partial charge in [0.25, 0.3) is 0 Å². The first-order chi connectivity index (χ1) is 7.55. The maximum Gasteiger partial charge on any atom is 0.306 e. The van der Waals surface area contributed by atoms with E-state index in [-0.39, 0.29) is 5.97 Å². The van der Waals surface area contributed by atoms with Crippen molar-refractivity contribution in [3.05, 3.63) is 11.6 Å². The van der Waals surface area contributed by atoms with E-state index in [4.69, 9.17) is 4.74 Å². The van der Waals surface area contributed by atoms with Crippen LogP contribution in [0.5, 0.6) is 0 Å². The molecule has 2 heteroatoms. The Morgan fingerprint density at radius 2 is 2.25 bits per heavy atom. The minimum Gasteiger partial charge on any atom is -0.466 e. The minimum absolute atomic E-state index is 0.0550. The van der Waals surface area contributed by atoms with Crippen LogP contribution in [0.3, 0.4) is 0 Å². The molecular weight excluding hydrogens is 200 g/mol. The summed E-state index contributed by atoms with van der Waals surface area (Å²) in [5.41, 5.74) is 2.02. The molecule has 0 amide bonds. The molecule has 0 aliphatic heterocycles. The number of rotatable bonds is 4. The highest BCUT2D eigenvalue weighted by molar-refractivity contribution is 5.69. The molecule has 16 heavy (non-hydrogen) atoms. The molecule has 2 nitrogen and oxygen atoms in total. The fourth-order valence-electron chi connectivity index (χ4n) is 3.09. The van der Waals surface area contributed by atoms with Gasteiger partial charge in [-0.1, -0.05) is 25.5 Å². The molecule has 2 aliphatic rings. The van der Waals surface area contributed by atoms with E-state index in [0.29, 0.717) is 18.4 Å². The predicted octanol–water partition coefficient (Wildman–Crippen LogP) is 3.32. The molecule has 0 heterocycles. The molecule has 1 saturated carbocycles. The van der Waals surface area contributed by atoms with Crippen molar-refractivity contribution in [3.8, 4) is 0 Å². The molecule has 0 aromatic heterocycles. The number of fused-ring (bicyclic) bond motifs is 1. The van der Waals surface area contributed by atoms with E-state index in [1.807, 2.05) is 6.92 Å². The van der Waals surface area contributed by atoms with Crippen molar-refractivity contribution in [1.82, 2.24) is 0 Å². The van der Waals surface area contributed by atoms with Gasteiger partial charge in [-0.25, -0.2) is 0 Å². The number of ether oxygens (including phenoxy) is 1. The van der Waals surface area contributed by atoms with E-state index in [9.17, 15) is 4.79 Å². The summed E-state index contributed by atoms with van der Waals surface area (Å²) in [7, 11) is 0. The second-order valence-corrected chi connectivity index (χ2v) is 5.64. The second kappa shape index (κ2) is 4.23.